The molecule has 0 amide bonds. The van der Waals surface area contributed by atoms with E-state index in [4.69, 9.17) is 31.2 Å². The largest absolute Gasteiger partial charge is 0.480 e. The Kier molecular flexibility index (Phi) is 10.6. The maximum absolute atomic E-state index is 13.0. The zero-order chi connectivity index (χ0) is 33.7. The zero-order valence-electron chi connectivity index (χ0n) is 27.8. The topological polar surface area (TPSA) is 91.4 Å². The number of esters is 3. The number of ether oxygens (including phenoxy) is 4. The summed E-state index contributed by atoms with van der Waals surface area (Å²) in [6.07, 6.45) is 1.85. The molecular weight excluding hydrogens is 614 g/mol. The summed E-state index contributed by atoms with van der Waals surface area (Å²) in [6.45, 7) is 10.6. The van der Waals surface area contributed by atoms with Crippen LogP contribution in [0.5, 0.6) is 11.5 Å². The predicted octanol–water partition coefficient (Wildman–Crippen LogP) is 6.56. The monoisotopic (exact) mass is 657 g/mol. The molecule has 3 aromatic rings. The van der Waals surface area contributed by atoms with Gasteiger partial charge >= 0.3 is 17.9 Å². The van der Waals surface area contributed by atoms with Crippen molar-refractivity contribution >= 4 is 35.1 Å². The van der Waals surface area contributed by atoms with Crippen LogP contribution in [0, 0.1) is 26.7 Å². The number of thiocarbonyl (C=S) groups is 1. The van der Waals surface area contributed by atoms with Crippen LogP contribution in [0.25, 0.3) is 0 Å². The van der Waals surface area contributed by atoms with Gasteiger partial charge in [0.05, 0.1) is 12.8 Å². The number of hydrogen-bond donors (Lipinski definition) is 0. The van der Waals surface area contributed by atoms with E-state index in [1.54, 1.807) is 0 Å². The fourth-order valence-electron chi connectivity index (χ4n) is 6.48. The maximum Gasteiger partial charge on any atom is 0.313 e. The number of carbonyl (C=O) groups is 3. The Balaban J connectivity index is 1.26. The third kappa shape index (κ3) is 8.01. The van der Waals surface area contributed by atoms with Crippen LogP contribution in [-0.2, 0) is 43.1 Å². The predicted molar refractivity (Wildman–Crippen MR) is 182 cm³/mol. The molecule has 2 aliphatic rings. The average molecular weight is 658 g/mol. The van der Waals surface area contributed by atoms with E-state index < -0.39 is 23.8 Å². The Morgan fingerprint density at radius 2 is 1.40 bits per heavy atom. The summed E-state index contributed by atoms with van der Waals surface area (Å²) in [5, 5.41) is 0. The number of likely N-dealkylation sites (tertiary alicyclic amines) is 1. The van der Waals surface area contributed by atoms with Gasteiger partial charge < -0.3 is 23.8 Å². The van der Waals surface area contributed by atoms with E-state index in [0.717, 1.165) is 50.5 Å². The standard InChI is InChI=1S/C38H43NO7S/c1-24-25(2)35-31(26(3)34(24)43-27(4)40)16-19-38(5,46-35)37(47)39-20-17-30(18-21-39)36(44-32(41)22-28-12-8-6-9-13-28)45-33(42)23-29-14-10-7-11-15-29/h6-15,30,36H,16-23H2,1-5H3. The molecule has 0 aromatic heterocycles. The lowest BCUT2D eigenvalue weighted by Gasteiger charge is -2.44. The van der Waals surface area contributed by atoms with Crippen LogP contribution < -0.4 is 9.47 Å². The number of fused-ring (bicyclic) bond motifs is 1. The summed E-state index contributed by atoms with van der Waals surface area (Å²) < 4.78 is 24.0. The van der Waals surface area contributed by atoms with Crippen molar-refractivity contribution in [3.8, 4) is 11.5 Å². The molecular formula is C38H43NO7S. The van der Waals surface area contributed by atoms with E-state index in [0.29, 0.717) is 38.1 Å². The fourth-order valence-corrected chi connectivity index (χ4v) is 6.80. The van der Waals surface area contributed by atoms with E-state index in [-0.39, 0.29) is 24.7 Å². The highest BCUT2D eigenvalue weighted by Crippen LogP contribution is 2.44. The molecule has 2 aliphatic heterocycles. The van der Waals surface area contributed by atoms with E-state index in [1.807, 2.05) is 88.4 Å². The first-order valence-electron chi connectivity index (χ1n) is 16.2. The number of benzene rings is 3. The fraction of sp³-hybridized carbons (Fsp3) is 0.421. The minimum absolute atomic E-state index is 0.0917. The molecule has 1 fully saturated rings. The Morgan fingerprint density at radius 1 is 0.872 bits per heavy atom. The van der Waals surface area contributed by atoms with E-state index in [2.05, 4.69) is 4.90 Å². The minimum Gasteiger partial charge on any atom is -0.480 e. The number of hydrogen-bond acceptors (Lipinski definition) is 8. The second kappa shape index (κ2) is 14.7. The molecule has 1 atom stereocenters. The van der Waals surface area contributed by atoms with Crippen LogP contribution in [0.3, 0.4) is 0 Å². The third-order valence-corrected chi connectivity index (χ3v) is 9.97. The molecule has 0 aliphatic carbocycles. The molecule has 0 N–H and O–H groups in total. The van der Waals surface area contributed by atoms with Crippen LogP contribution >= 0.6 is 12.2 Å². The Hall–Kier alpha value is -4.24. The summed E-state index contributed by atoms with van der Waals surface area (Å²) >= 11 is 6.08. The van der Waals surface area contributed by atoms with Crippen LogP contribution in [0.1, 0.15) is 66.5 Å². The molecule has 9 heteroatoms. The van der Waals surface area contributed by atoms with E-state index >= 15 is 0 Å². The summed E-state index contributed by atoms with van der Waals surface area (Å²) in [7, 11) is 0. The molecule has 47 heavy (non-hydrogen) atoms. The van der Waals surface area contributed by atoms with Crippen molar-refractivity contribution < 1.29 is 33.3 Å². The first-order chi connectivity index (χ1) is 22.4. The molecule has 0 radical (unpaired) electrons. The first-order valence-corrected chi connectivity index (χ1v) is 16.6. The van der Waals surface area contributed by atoms with Gasteiger partial charge in [-0.05, 0) is 81.2 Å². The lowest BCUT2D eigenvalue weighted by atomic mass is 9.86. The van der Waals surface area contributed by atoms with Crippen molar-refractivity contribution in [3.63, 3.8) is 0 Å². The molecule has 0 spiro atoms. The molecule has 5 rings (SSSR count). The molecule has 1 saturated heterocycles. The molecule has 0 bridgehead atoms. The van der Waals surface area contributed by atoms with Crippen molar-refractivity contribution in [2.24, 2.45) is 5.92 Å². The van der Waals surface area contributed by atoms with Crippen molar-refractivity contribution in [2.45, 2.75) is 85.0 Å². The van der Waals surface area contributed by atoms with Crippen LogP contribution in [-0.4, -0.2) is 52.8 Å². The number of piperidine rings is 1. The normalized spacial score (nSPS) is 17.8. The third-order valence-electron chi connectivity index (χ3n) is 9.28. The Bertz CT molecular complexity index is 1580. The van der Waals surface area contributed by atoms with Crippen molar-refractivity contribution in [2.75, 3.05) is 13.1 Å². The smallest absolute Gasteiger partial charge is 0.313 e. The highest BCUT2D eigenvalue weighted by molar-refractivity contribution is 7.80. The Morgan fingerprint density at radius 3 is 1.91 bits per heavy atom. The molecule has 3 aromatic carbocycles. The quantitative estimate of drug-likeness (QED) is 0.110. The Labute approximate surface area is 282 Å². The second-order valence-corrected chi connectivity index (χ2v) is 13.1. The van der Waals surface area contributed by atoms with Gasteiger partial charge in [0.1, 0.15) is 16.5 Å². The summed E-state index contributed by atoms with van der Waals surface area (Å²) in [4.78, 5) is 40.6. The lowest BCUT2D eigenvalue weighted by molar-refractivity contribution is -0.199. The van der Waals surface area contributed by atoms with E-state index in [9.17, 15) is 14.4 Å². The number of carbonyl (C=O) groups excluding carboxylic acids is 3. The molecule has 248 valence electrons. The van der Waals surface area contributed by atoms with Gasteiger partial charge in [0.2, 0.25) is 6.29 Å². The summed E-state index contributed by atoms with van der Waals surface area (Å²) in [5.74, 6) is 0.00613. The van der Waals surface area contributed by atoms with Crippen LogP contribution in [0.2, 0.25) is 0 Å². The summed E-state index contributed by atoms with van der Waals surface area (Å²) in [5.41, 5.74) is 4.73. The van der Waals surface area contributed by atoms with Gasteiger partial charge in [0.25, 0.3) is 0 Å². The molecule has 8 nitrogen and oxygen atoms in total. The summed E-state index contributed by atoms with van der Waals surface area (Å²) in [6, 6.07) is 18.7. The average Bonchev–Trinajstić information content (AvgIpc) is 3.06. The van der Waals surface area contributed by atoms with Crippen molar-refractivity contribution in [1.29, 1.82) is 0 Å². The second-order valence-electron chi connectivity index (χ2n) is 12.7. The van der Waals surface area contributed by atoms with Crippen LogP contribution in [0.4, 0.5) is 0 Å². The van der Waals surface area contributed by atoms with Gasteiger partial charge in [-0.2, -0.15) is 0 Å². The van der Waals surface area contributed by atoms with Gasteiger partial charge in [-0.15, -0.1) is 0 Å². The zero-order valence-corrected chi connectivity index (χ0v) is 28.6. The molecule has 2 heterocycles. The highest BCUT2D eigenvalue weighted by atomic mass is 32.1. The van der Waals surface area contributed by atoms with Gasteiger partial charge in [-0.25, -0.2) is 0 Å². The van der Waals surface area contributed by atoms with Gasteiger partial charge in [0.15, 0.2) is 5.60 Å². The van der Waals surface area contributed by atoms with Gasteiger partial charge in [0, 0.05) is 31.5 Å². The maximum atomic E-state index is 13.0. The molecule has 1 unspecified atom stereocenters. The highest BCUT2D eigenvalue weighted by Gasteiger charge is 2.42. The van der Waals surface area contributed by atoms with Crippen LogP contribution in [0.15, 0.2) is 60.7 Å². The van der Waals surface area contributed by atoms with Crippen molar-refractivity contribution in [1.82, 2.24) is 4.90 Å². The van der Waals surface area contributed by atoms with E-state index in [1.165, 1.54) is 6.92 Å². The van der Waals surface area contributed by atoms with Crippen molar-refractivity contribution in [3.05, 3.63) is 94.0 Å². The van der Waals surface area contributed by atoms with Gasteiger partial charge in [-0.3, -0.25) is 14.4 Å². The lowest BCUT2D eigenvalue weighted by Crippen LogP contribution is -2.54. The van der Waals surface area contributed by atoms with Gasteiger partial charge in [-0.1, -0.05) is 72.9 Å². The number of rotatable bonds is 9. The minimum atomic E-state index is -0.994. The SMILES string of the molecule is CC(=O)Oc1c(C)c(C)c2c(c1C)CCC(C)(C(=S)N1CCC(C(OC(=O)Cc3ccccc3)OC(=O)Cc3ccccc3)CC1)O2. The first kappa shape index (κ1) is 34.1. The molecule has 0 saturated carbocycles. The number of nitrogens with zero attached hydrogens (tertiary/aromatic N) is 1.